The highest BCUT2D eigenvalue weighted by Gasteiger charge is 2.35. The van der Waals surface area contributed by atoms with Crippen molar-refractivity contribution in [1.82, 2.24) is 5.32 Å². The van der Waals surface area contributed by atoms with E-state index in [1.54, 1.807) is 0 Å². The average molecular weight is 371 g/mol. The Balaban J connectivity index is 1.37. The smallest absolute Gasteiger partial charge is 0.286 e. The highest BCUT2D eigenvalue weighted by atomic mass is 16.7. The van der Waals surface area contributed by atoms with Crippen LogP contribution in [0.4, 0.5) is 0 Å². The van der Waals surface area contributed by atoms with Crippen molar-refractivity contribution >= 4 is 5.91 Å². The first-order chi connectivity index (χ1) is 13.2. The van der Waals surface area contributed by atoms with E-state index < -0.39 is 0 Å². The predicted molar refractivity (Wildman–Crippen MR) is 101 cm³/mol. The van der Waals surface area contributed by atoms with E-state index in [1.807, 2.05) is 30.3 Å². The van der Waals surface area contributed by atoms with Gasteiger partial charge in [-0.05, 0) is 61.1 Å². The highest BCUT2D eigenvalue weighted by molar-refractivity contribution is 5.91. The van der Waals surface area contributed by atoms with Crippen LogP contribution in [0.5, 0.6) is 0 Å². The second kappa shape index (κ2) is 8.44. The van der Waals surface area contributed by atoms with Crippen molar-refractivity contribution in [3.63, 3.8) is 0 Å². The van der Waals surface area contributed by atoms with Crippen LogP contribution in [-0.2, 0) is 27.5 Å². The van der Waals surface area contributed by atoms with Gasteiger partial charge < -0.3 is 19.9 Å². The number of carbonyl (C=O) groups excluding carboxylic acids is 1. The largest absolute Gasteiger partial charge is 0.459 e. The van der Waals surface area contributed by atoms with Gasteiger partial charge in [-0.1, -0.05) is 30.7 Å². The molecule has 1 heterocycles. The first kappa shape index (κ1) is 18.5. The summed E-state index contributed by atoms with van der Waals surface area (Å²) >= 11 is 0. The molecule has 0 saturated heterocycles. The number of carbonyl (C=O) groups is 1. The van der Waals surface area contributed by atoms with Gasteiger partial charge in [-0.3, -0.25) is 4.79 Å². The average Bonchev–Trinajstić information content (AvgIpc) is 2.61. The fourth-order valence-electron chi connectivity index (χ4n) is 3.88. The lowest BCUT2D eigenvalue weighted by Crippen LogP contribution is -2.42. The number of hydrogen-bond acceptors (Lipinski definition) is 4. The Labute approximate surface area is 160 Å². The number of benzene rings is 1. The highest BCUT2D eigenvalue weighted by Crippen LogP contribution is 2.40. The molecule has 2 saturated carbocycles. The van der Waals surface area contributed by atoms with Gasteiger partial charge in [0.25, 0.3) is 5.91 Å². The molecule has 0 radical (unpaired) electrons. The summed E-state index contributed by atoms with van der Waals surface area (Å²) in [5.41, 5.74) is 1.92. The standard InChI is InChI=1S/C22H29NO4/c24-13-15-7-9-16(10-8-15)14-26-21-12-18(17-3-1-4-17)11-20(27-21)22(25)23-19-5-2-6-19/h7-11,17-19,21,24H,1-6,12-14H2,(H,23,25)/t18-,21+/m1/s1. The molecular formula is C22H29NO4. The van der Waals surface area contributed by atoms with E-state index >= 15 is 0 Å². The number of rotatable bonds is 7. The summed E-state index contributed by atoms with van der Waals surface area (Å²) in [6, 6.07) is 8.01. The second-order valence-corrected chi connectivity index (χ2v) is 8.06. The Bertz CT molecular complexity index is 676. The maximum atomic E-state index is 12.6. The molecule has 0 aromatic heterocycles. The van der Waals surface area contributed by atoms with Gasteiger partial charge in [0.05, 0.1) is 13.2 Å². The lowest BCUT2D eigenvalue weighted by atomic mass is 9.73. The van der Waals surface area contributed by atoms with E-state index in [-0.39, 0.29) is 18.8 Å². The zero-order valence-electron chi connectivity index (χ0n) is 15.7. The molecule has 5 nitrogen and oxygen atoms in total. The van der Waals surface area contributed by atoms with Gasteiger partial charge >= 0.3 is 0 Å². The van der Waals surface area contributed by atoms with Gasteiger partial charge in [0.2, 0.25) is 6.29 Å². The van der Waals surface area contributed by atoms with Crippen LogP contribution in [0.3, 0.4) is 0 Å². The lowest BCUT2D eigenvalue weighted by molar-refractivity contribution is -0.157. The number of aliphatic hydroxyl groups is 1. The van der Waals surface area contributed by atoms with E-state index in [2.05, 4.69) is 5.32 Å². The monoisotopic (exact) mass is 371 g/mol. The maximum Gasteiger partial charge on any atom is 0.286 e. The Hall–Kier alpha value is -1.85. The van der Waals surface area contributed by atoms with Crippen molar-refractivity contribution in [2.75, 3.05) is 0 Å². The minimum atomic E-state index is -0.389. The predicted octanol–water partition coefficient (Wildman–Crippen LogP) is 3.41. The molecule has 27 heavy (non-hydrogen) atoms. The lowest BCUT2D eigenvalue weighted by Gasteiger charge is -2.37. The fourth-order valence-corrected chi connectivity index (χ4v) is 3.88. The molecule has 146 valence electrons. The first-order valence-electron chi connectivity index (χ1n) is 10.2. The summed E-state index contributed by atoms with van der Waals surface area (Å²) in [5, 5.41) is 12.2. The van der Waals surface area contributed by atoms with Gasteiger partial charge in [-0.15, -0.1) is 0 Å². The zero-order chi connectivity index (χ0) is 18.6. The van der Waals surface area contributed by atoms with Crippen molar-refractivity contribution in [1.29, 1.82) is 0 Å². The van der Waals surface area contributed by atoms with E-state index in [9.17, 15) is 4.79 Å². The van der Waals surface area contributed by atoms with Crippen molar-refractivity contribution in [2.45, 2.75) is 70.5 Å². The van der Waals surface area contributed by atoms with Crippen LogP contribution in [0, 0.1) is 11.8 Å². The minimum Gasteiger partial charge on any atom is -0.459 e. The Morgan fingerprint density at radius 2 is 1.81 bits per heavy atom. The molecule has 0 spiro atoms. The quantitative estimate of drug-likeness (QED) is 0.771. The van der Waals surface area contributed by atoms with Crippen molar-refractivity contribution < 1.29 is 19.4 Å². The summed E-state index contributed by atoms with van der Waals surface area (Å²) < 4.78 is 11.9. The third-order valence-corrected chi connectivity index (χ3v) is 6.15. The van der Waals surface area contributed by atoms with Crippen molar-refractivity contribution in [3.05, 3.63) is 47.2 Å². The summed E-state index contributed by atoms with van der Waals surface area (Å²) in [4.78, 5) is 12.6. The molecular weight excluding hydrogens is 342 g/mol. The van der Waals surface area contributed by atoms with Gasteiger partial charge in [-0.25, -0.2) is 0 Å². The van der Waals surface area contributed by atoms with Crippen LogP contribution >= 0.6 is 0 Å². The van der Waals surface area contributed by atoms with E-state index in [4.69, 9.17) is 14.6 Å². The number of nitrogens with one attached hydrogen (secondary N) is 1. The molecule has 0 bridgehead atoms. The minimum absolute atomic E-state index is 0.0419. The Morgan fingerprint density at radius 3 is 2.41 bits per heavy atom. The normalized spacial score (nSPS) is 25.7. The van der Waals surface area contributed by atoms with Crippen LogP contribution in [0.1, 0.15) is 56.1 Å². The van der Waals surface area contributed by atoms with E-state index in [0.29, 0.717) is 30.2 Å². The third kappa shape index (κ3) is 4.53. The summed E-state index contributed by atoms with van der Waals surface area (Å²) in [7, 11) is 0. The zero-order valence-corrected chi connectivity index (χ0v) is 15.7. The molecule has 0 unspecified atom stereocenters. The number of amides is 1. The molecule has 1 aromatic rings. The SMILES string of the molecule is O=C(NC1CCC1)C1=C[C@@H](C2CCC2)C[C@@H](OCc2ccc(CO)cc2)O1. The molecule has 4 rings (SSSR count). The molecule has 1 aliphatic heterocycles. The van der Waals surface area contributed by atoms with Gasteiger partial charge in [0.15, 0.2) is 5.76 Å². The third-order valence-electron chi connectivity index (χ3n) is 6.15. The molecule has 1 amide bonds. The summed E-state index contributed by atoms with van der Waals surface area (Å²) in [5.74, 6) is 1.35. The fraction of sp³-hybridized carbons (Fsp3) is 0.591. The molecule has 2 fully saturated rings. The first-order valence-corrected chi connectivity index (χ1v) is 10.2. The van der Waals surface area contributed by atoms with Crippen molar-refractivity contribution in [2.24, 2.45) is 11.8 Å². The van der Waals surface area contributed by atoms with Gasteiger partial charge in [0.1, 0.15) is 0 Å². The second-order valence-electron chi connectivity index (χ2n) is 8.06. The molecule has 1 aromatic carbocycles. The van der Waals surface area contributed by atoms with Crippen molar-refractivity contribution in [3.8, 4) is 0 Å². The maximum absolute atomic E-state index is 12.6. The van der Waals surface area contributed by atoms with Crippen LogP contribution in [-0.4, -0.2) is 23.3 Å². The Kier molecular flexibility index (Phi) is 5.79. The van der Waals surface area contributed by atoms with Crippen LogP contribution in [0.25, 0.3) is 0 Å². The topological polar surface area (TPSA) is 67.8 Å². The summed E-state index contributed by atoms with van der Waals surface area (Å²) in [6.07, 6.45) is 9.51. The molecule has 2 N–H and O–H groups in total. The molecule has 2 atom stereocenters. The van der Waals surface area contributed by atoms with Crippen LogP contribution in [0.15, 0.2) is 36.1 Å². The van der Waals surface area contributed by atoms with Crippen LogP contribution in [0.2, 0.25) is 0 Å². The number of aliphatic hydroxyl groups excluding tert-OH is 1. The van der Waals surface area contributed by atoms with Gasteiger partial charge in [-0.2, -0.15) is 0 Å². The Morgan fingerprint density at radius 1 is 1.11 bits per heavy atom. The molecule has 3 aliphatic rings. The van der Waals surface area contributed by atoms with E-state index in [0.717, 1.165) is 30.4 Å². The summed E-state index contributed by atoms with van der Waals surface area (Å²) in [6.45, 7) is 0.478. The number of allylic oxidation sites excluding steroid dienone is 1. The number of hydrogen-bond donors (Lipinski definition) is 2. The van der Waals surface area contributed by atoms with Crippen LogP contribution < -0.4 is 5.32 Å². The van der Waals surface area contributed by atoms with E-state index in [1.165, 1.54) is 25.7 Å². The molecule has 2 aliphatic carbocycles. The van der Waals surface area contributed by atoms with Gasteiger partial charge in [0, 0.05) is 12.5 Å². The number of ether oxygens (including phenoxy) is 2. The molecule has 5 heteroatoms.